The number of phenolic OH excluding ortho intramolecular Hbond substituents is 1. The van der Waals surface area contributed by atoms with Crippen LogP contribution in [0.5, 0.6) is 11.5 Å². The molecule has 0 amide bonds. The molecular weight excluding hydrogens is 503 g/mol. The van der Waals surface area contributed by atoms with Crippen molar-refractivity contribution in [1.29, 1.82) is 0 Å². The molecule has 0 fully saturated rings. The van der Waals surface area contributed by atoms with Crippen LogP contribution in [0, 0.1) is 0 Å². The number of phenols is 1. The minimum Gasteiger partial charge on any atom is -0.507 e. The molecule has 0 aliphatic heterocycles. The number of halogens is 3. The van der Waals surface area contributed by atoms with E-state index in [-0.39, 0.29) is 11.4 Å². The first-order valence-corrected chi connectivity index (χ1v) is 12.6. The Hall–Kier alpha value is -4.24. The zero-order valence-electron chi connectivity index (χ0n) is 19.4. The minimum atomic E-state index is -4.70. The summed E-state index contributed by atoms with van der Waals surface area (Å²) in [4.78, 5) is -0.538. The summed E-state index contributed by atoms with van der Waals surface area (Å²) in [6.07, 6.45) is -4.70. The molecule has 0 heterocycles. The number of aromatic hydroxyl groups is 1. The normalized spacial score (nSPS) is 12.1. The van der Waals surface area contributed by atoms with Crippen LogP contribution in [0.4, 0.5) is 18.9 Å². The first-order valence-electron chi connectivity index (χ1n) is 11.1. The Bertz CT molecular complexity index is 1770. The van der Waals surface area contributed by atoms with Gasteiger partial charge in [0.15, 0.2) is 0 Å². The Morgan fingerprint density at radius 2 is 1.49 bits per heavy atom. The van der Waals surface area contributed by atoms with E-state index < -0.39 is 26.7 Å². The molecular formula is C28H20F3NO4S. The number of ether oxygens (including phenoxy) is 1. The van der Waals surface area contributed by atoms with Crippen LogP contribution in [-0.4, -0.2) is 20.6 Å². The second kappa shape index (κ2) is 9.01. The minimum absolute atomic E-state index is 0.0905. The van der Waals surface area contributed by atoms with Crippen molar-refractivity contribution >= 4 is 37.3 Å². The van der Waals surface area contributed by atoms with Gasteiger partial charge in [-0.1, -0.05) is 60.7 Å². The number of methoxy groups -OCH3 is 1. The van der Waals surface area contributed by atoms with Crippen LogP contribution in [-0.2, 0) is 16.2 Å². The van der Waals surface area contributed by atoms with Crippen molar-refractivity contribution in [2.45, 2.75) is 11.1 Å². The summed E-state index contributed by atoms with van der Waals surface area (Å²) in [5, 5.41) is 13.7. The zero-order valence-corrected chi connectivity index (χ0v) is 20.2. The van der Waals surface area contributed by atoms with Crippen molar-refractivity contribution in [1.82, 2.24) is 0 Å². The average Bonchev–Trinajstić information content (AvgIpc) is 2.89. The van der Waals surface area contributed by atoms with Gasteiger partial charge in [-0.15, -0.1) is 0 Å². The van der Waals surface area contributed by atoms with Crippen molar-refractivity contribution in [2.24, 2.45) is 0 Å². The molecule has 0 radical (unpaired) electrons. The second-order valence-corrected chi connectivity index (χ2v) is 10.0. The van der Waals surface area contributed by atoms with E-state index >= 15 is 0 Å². The number of benzene rings is 5. The lowest BCUT2D eigenvalue weighted by Gasteiger charge is -2.18. The van der Waals surface area contributed by atoms with Crippen molar-refractivity contribution in [3.63, 3.8) is 0 Å². The molecule has 0 atom stereocenters. The lowest BCUT2D eigenvalue weighted by molar-refractivity contribution is -0.137. The first-order chi connectivity index (χ1) is 17.6. The van der Waals surface area contributed by atoms with Crippen LogP contribution in [0.3, 0.4) is 0 Å². The SMILES string of the molecule is COc1ccc2ccccc2c1-c1cc(NS(=O)(=O)c2cccc(C(F)(F)F)c2)c2ccccc2c1O. The van der Waals surface area contributed by atoms with E-state index in [4.69, 9.17) is 4.74 Å². The van der Waals surface area contributed by atoms with Gasteiger partial charge >= 0.3 is 6.18 Å². The van der Waals surface area contributed by atoms with E-state index in [1.54, 1.807) is 30.3 Å². The Kier molecular flexibility index (Phi) is 5.95. The van der Waals surface area contributed by atoms with Crippen LogP contribution < -0.4 is 9.46 Å². The van der Waals surface area contributed by atoms with Gasteiger partial charge in [-0.3, -0.25) is 4.72 Å². The predicted molar refractivity (Wildman–Crippen MR) is 137 cm³/mol. The summed E-state index contributed by atoms with van der Waals surface area (Å²) in [5.74, 6) is 0.364. The monoisotopic (exact) mass is 523 g/mol. The summed E-state index contributed by atoms with van der Waals surface area (Å²) in [6, 6.07) is 22.7. The Morgan fingerprint density at radius 1 is 0.811 bits per heavy atom. The Balaban J connectivity index is 1.74. The highest BCUT2D eigenvalue weighted by Gasteiger charge is 2.32. The van der Waals surface area contributed by atoms with Gasteiger partial charge < -0.3 is 9.84 Å². The lowest BCUT2D eigenvalue weighted by Crippen LogP contribution is -2.15. The fourth-order valence-corrected chi connectivity index (χ4v) is 5.49. The number of rotatable bonds is 5. The van der Waals surface area contributed by atoms with E-state index in [1.807, 2.05) is 30.3 Å². The third-order valence-corrected chi connectivity index (χ3v) is 7.48. The van der Waals surface area contributed by atoms with Gasteiger partial charge in [-0.05, 0) is 41.1 Å². The molecule has 5 aromatic carbocycles. The average molecular weight is 524 g/mol. The predicted octanol–water partition coefficient (Wildman–Crippen LogP) is 7.19. The van der Waals surface area contributed by atoms with E-state index in [1.165, 1.54) is 13.2 Å². The summed E-state index contributed by atoms with van der Waals surface area (Å²) < 4.78 is 74.1. The van der Waals surface area contributed by atoms with Crippen LogP contribution in [0.1, 0.15) is 5.56 Å². The van der Waals surface area contributed by atoms with Gasteiger partial charge in [-0.2, -0.15) is 13.2 Å². The van der Waals surface area contributed by atoms with E-state index in [0.717, 1.165) is 29.0 Å². The second-order valence-electron chi connectivity index (χ2n) is 8.36. The number of fused-ring (bicyclic) bond motifs is 2. The number of hydrogen-bond acceptors (Lipinski definition) is 4. The summed E-state index contributed by atoms with van der Waals surface area (Å²) in [7, 11) is -2.93. The maximum Gasteiger partial charge on any atom is 0.416 e. The van der Waals surface area contributed by atoms with Gasteiger partial charge in [-0.25, -0.2) is 8.42 Å². The van der Waals surface area contributed by atoms with Crippen molar-refractivity contribution in [3.05, 3.63) is 96.6 Å². The molecule has 0 spiro atoms. The molecule has 0 saturated carbocycles. The number of sulfonamides is 1. The molecule has 5 aromatic rings. The Morgan fingerprint density at radius 3 is 2.19 bits per heavy atom. The fraction of sp³-hybridized carbons (Fsp3) is 0.0714. The third kappa shape index (κ3) is 4.42. The number of anilines is 1. The molecule has 2 N–H and O–H groups in total. The molecule has 188 valence electrons. The molecule has 5 nitrogen and oxygen atoms in total. The third-order valence-electron chi connectivity index (χ3n) is 6.11. The number of hydrogen-bond donors (Lipinski definition) is 2. The highest BCUT2D eigenvalue weighted by Crippen LogP contribution is 2.46. The maximum absolute atomic E-state index is 13.2. The largest absolute Gasteiger partial charge is 0.507 e. The summed E-state index contributed by atoms with van der Waals surface area (Å²) in [6.45, 7) is 0. The lowest BCUT2D eigenvalue weighted by atomic mass is 9.93. The smallest absolute Gasteiger partial charge is 0.416 e. The summed E-state index contributed by atoms with van der Waals surface area (Å²) >= 11 is 0. The Labute approximate surface area is 210 Å². The van der Waals surface area contributed by atoms with Gasteiger partial charge in [0.2, 0.25) is 0 Å². The van der Waals surface area contributed by atoms with Crippen molar-refractivity contribution < 1.29 is 31.4 Å². The van der Waals surface area contributed by atoms with E-state index in [2.05, 4.69) is 4.72 Å². The summed E-state index contributed by atoms with van der Waals surface area (Å²) in [5.41, 5.74) is -0.139. The first kappa shape index (κ1) is 24.5. The highest BCUT2D eigenvalue weighted by molar-refractivity contribution is 7.92. The maximum atomic E-state index is 13.2. The van der Waals surface area contributed by atoms with Gasteiger partial charge in [0.05, 0.1) is 23.3 Å². The van der Waals surface area contributed by atoms with Gasteiger partial charge in [0.25, 0.3) is 10.0 Å². The molecule has 9 heteroatoms. The van der Waals surface area contributed by atoms with E-state index in [9.17, 15) is 26.7 Å². The van der Waals surface area contributed by atoms with Crippen LogP contribution in [0.2, 0.25) is 0 Å². The van der Waals surface area contributed by atoms with Crippen molar-refractivity contribution in [3.8, 4) is 22.6 Å². The standard InChI is InChI=1S/C28H20F3NO4S/c1-36-25-14-13-17-7-2-3-10-20(17)26(25)23-16-24(21-11-4-5-12-22(21)27(23)33)32-37(34,35)19-9-6-8-18(15-19)28(29,30)31/h2-16,32-33H,1H3. The topological polar surface area (TPSA) is 75.6 Å². The van der Waals surface area contributed by atoms with Crippen molar-refractivity contribution in [2.75, 3.05) is 11.8 Å². The van der Waals surface area contributed by atoms with Crippen LogP contribution in [0.15, 0.2) is 95.9 Å². The molecule has 5 rings (SSSR count). The van der Waals surface area contributed by atoms with Gasteiger partial charge in [0, 0.05) is 21.9 Å². The van der Waals surface area contributed by atoms with Gasteiger partial charge in [0.1, 0.15) is 11.5 Å². The van der Waals surface area contributed by atoms with Crippen LogP contribution >= 0.6 is 0 Å². The molecule has 0 aliphatic carbocycles. The molecule has 0 unspecified atom stereocenters. The molecule has 0 aliphatic rings. The molecule has 0 bridgehead atoms. The molecule has 0 aromatic heterocycles. The van der Waals surface area contributed by atoms with Crippen LogP contribution in [0.25, 0.3) is 32.7 Å². The molecule has 0 saturated heterocycles. The highest BCUT2D eigenvalue weighted by atomic mass is 32.2. The molecule has 37 heavy (non-hydrogen) atoms. The quantitative estimate of drug-likeness (QED) is 0.239. The van der Waals surface area contributed by atoms with E-state index in [0.29, 0.717) is 33.7 Å². The zero-order chi connectivity index (χ0) is 26.4. The number of alkyl halides is 3. The number of nitrogens with one attached hydrogen (secondary N) is 1. The fourth-order valence-electron chi connectivity index (χ4n) is 4.38.